The van der Waals surface area contributed by atoms with Crippen molar-refractivity contribution in [3.05, 3.63) is 49.0 Å². The molecule has 0 aromatic carbocycles. The first-order chi connectivity index (χ1) is 8.51. The average Bonchev–Trinajstić information content (AvgIpc) is 2.66. The molecule has 18 heavy (non-hydrogen) atoms. The van der Waals surface area contributed by atoms with Gasteiger partial charge in [0, 0.05) is 12.7 Å². The Hall–Kier alpha value is -1.63. The Labute approximate surface area is 111 Å². The lowest BCUT2D eigenvalue weighted by molar-refractivity contribution is 0.585. The zero-order valence-corrected chi connectivity index (χ0v) is 11.7. The van der Waals surface area contributed by atoms with Crippen LogP contribution < -0.4 is 11.2 Å². The van der Waals surface area contributed by atoms with E-state index in [0.717, 1.165) is 17.9 Å². The van der Waals surface area contributed by atoms with Crippen LogP contribution in [-0.4, -0.2) is 19.3 Å². The van der Waals surface area contributed by atoms with E-state index in [2.05, 4.69) is 26.0 Å². The Morgan fingerprint density at radius 3 is 2.83 bits per heavy atom. The van der Waals surface area contributed by atoms with Gasteiger partial charge in [0.1, 0.15) is 0 Å². The molecule has 0 spiro atoms. The molecule has 6 nitrogen and oxygen atoms in total. The summed E-state index contributed by atoms with van der Waals surface area (Å²) in [5.41, 5.74) is 0.987. The molecule has 0 saturated heterocycles. The maximum absolute atomic E-state index is 11.7. The van der Waals surface area contributed by atoms with E-state index in [9.17, 15) is 9.59 Å². The number of nitrogens with zero attached hydrogens (tertiary/aromatic N) is 3. The highest BCUT2D eigenvalue weighted by atomic mass is 79.9. The lowest BCUT2D eigenvalue weighted by Crippen LogP contribution is -2.30. The molecule has 1 N–H and O–H groups in total. The Balaban J connectivity index is 2.42. The predicted octanol–water partition coefficient (Wildman–Crippen LogP) is 0.872. The first-order valence-electron chi connectivity index (χ1n) is 5.54. The van der Waals surface area contributed by atoms with Crippen LogP contribution in [0.5, 0.6) is 0 Å². The molecule has 7 heteroatoms. The van der Waals surface area contributed by atoms with Gasteiger partial charge >= 0.3 is 5.69 Å². The molecule has 2 aromatic rings. The number of aromatic amines is 1. The van der Waals surface area contributed by atoms with Crippen molar-refractivity contribution in [3.8, 4) is 0 Å². The summed E-state index contributed by atoms with van der Waals surface area (Å²) in [6.45, 7) is 5.01. The number of hydrogen-bond donors (Lipinski definition) is 1. The highest BCUT2D eigenvalue weighted by molar-refractivity contribution is 9.10. The topological polar surface area (TPSA) is 72.7 Å². The molecular weight excluding hydrogens is 300 g/mol. The number of hydrogen-bond acceptors (Lipinski definition) is 3. The van der Waals surface area contributed by atoms with Crippen molar-refractivity contribution in [1.82, 2.24) is 19.3 Å². The summed E-state index contributed by atoms with van der Waals surface area (Å²) in [7, 11) is 0. The summed E-state index contributed by atoms with van der Waals surface area (Å²) < 4.78 is 3.61. The van der Waals surface area contributed by atoms with Gasteiger partial charge < -0.3 is 0 Å². The molecule has 0 aliphatic rings. The molecule has 2 rings (SSSR count). The molecule has 0 amide bonds. The number of rotatable bonds is 3. The third kappa shape index (κ3) is 2.45. The van der Waals surface area contributed by atoms with Gasteiger partial charge in [-0.15, -0.1) is 0 Å². The quantitative estimate of drug-likeness (QED) is 0.914. The minimum Gasteiger partial charge on any atom is -0.293 e. The van der Waals surface area contributed by atoms with E-state index in [4.69, 9.17) is 0 Å². The molecule has 0 aliphatic carbocycles. The van der Waals surface area contributed by atoms with Crippen LogP contribution in [0.2, 0.25) is 0 Å². The molecule has 96 valence electrons. The Kier molecular flexibility index (Phi) is 3.51. The predicted molar refractivity (Wildman–Crippen MR) is 70.8 cm³/mol. The van der Waals surface area contributed by atoms with Crippen molar-refractivity contribution in [2.24, 2.45) is 0 Å². The van der Waals surface area contributed by atoms with Gasteiger partial charge in [0.05, 0.1) is 22.4 Å². The molecule has 0 bridgehead atoms. The number of aryl methyl sites for hydroxylation is 2. The van der Waals surface area contributed by atoms with Crippen LogP contribution >= 0.6 is 15.9 Å². The van der Waals surface area contributed by atoms with E-state index in [1.165, 1.54) is 10.8 Å². The van der Waals surface area contributed by atoms with Crippen LogP contribution in [-0.2, 0) is 13.1 Å². The van der Waals surface area contributed by atoms with E-state index in [-0.39, 0.29) is 0 Å². The minimum atomic E-state index is -0.426. The second-order valence-electron chi connectivity index (χ2n) is 3.96. The van der Waals surface area contributed by atoms with E-state index in [0.29, 0.717) is 11.0 Å². The van der Waals surface area contributed by atoms with Crippen molar-refractivity contribution >= 4 is 15.9 Å². The summed E-state index contributed by atoms with van der Waals surface area (Å²) in [5.74, 6) is 0. The van der Waals surface area contributed by atoms with E-state index < -0.39 is 11.2 Å². The monoisotopic (exact) mass is 312 g/mol. The fourth-order valence-corrected chi connectivity index (χ4v) is 2.12. The van der Waals surface area contributed by atoms with Gasteiger partial charge in [0.2, 0.25) is 0 Å². The van der Waals surface area contributed by atoms with Gasteiger partial charge in [-0.05, 0) is 35.8 Å². The first-order valence-corrected chi connectivity index (χ1v) is 6.33. The lowest BCUT2D eigenvalue weighted by atomic mass is 10.3. The zero-order valence-electron chi connectivity index (χ0n) is 10.1. The molecule has 0 unspecified atom stereocenters. The highest BCUT2D eigenvalue weighted by Crippen LogP contribution is 2.06. The van der Waals surface area contributed by atoms with Crippen LogP contribution in [0.4, 0.5) is 0 Å². The van der Waals surface area contributed by atoms with Crippen molar-refractivity contribution in [1.29, 1.82) is 0 Å². The van der Waals surface area contributed by atoms with Gasteiger partial charge in [-0.3, -0.25) is 19.0 Å². The second-order valence-corrected chi connectivity index (χ2v) is 4.81. The molecule has 2 aromatic heterocycles. The van der Waals surface area contributed by atoms with Gasteiger partial charge in [0.15, 0.2) is 0 Å². The highest BCUT2D eigenvalue weighted by Gasteiger charge is 2.07. The lowest BCUT2D eigenvalue weighted by Gasteiger charge is -2.07. The third-order valence-electron chi connectivity index (χ3n) is 2.58. The fourth-order valence-electron chi connectivity index (χ4n) is 1.77. The van der Waals surface area contributed by atoms with Gasteiger partial charge in [-0.2, -0.15) is 5.10 Å². The molecule has 0 atom stereocenters. The van der Waals surface area contributed by atoms with Crippen molar-refractivity contribution < 1.29 is 0 Å². The summed E-state index contributed by atoms with van der Waals surface area (Å²) in [4.78, 5) is 25.1. The van der Waals surface area contributed by atoms with E-state index in [1.54, 1.807) is 0 Å². The Bertz CT molecular complexity index is 683. The van der Waals surface area contributed by atoms with Gasteiger partial charge in [-0.1, -0.05) is 0 Å². The smallest absolute Gasteiger partial charge is 0.293 e. The van der Waals surface area contributed by atoms with E-state index in [1.807, 2.05) is 24.6 Å². The molecule has 2 heterocycles. The van der Waals surface area contributed by atoms with Crippen LogP contribution in [0.3, 0.4) is 0 Å². The third-order valence-corrected chi connectivity index (χ3v) is 3.15. The van der Waals surface area contributed by atoms with Crippen molar-refractivity contribution in [3.63, 3.8) is 0 Å². The largest absolute Gasteiger partial charge is 0.328 e. The fraction of sp³-hybridized carbons (Fsp3) is 0.364. The first kappa shape index (κ1) is 12.8. The summed E-state index contributed by atoms with van der Waals surface area (Å²) in [6, 6.07) is 1.93. The van der Waals surface area contributed by atoms with Gasteiger partial charge in [-0.25, -0.2) is 4.79 Å². The van der Waals surface area contributed by atoms with Gasteiger partial charge in [0.25, 0.3) is 5.56 Å². The molecule has 0 aliphatic heterocycles. The zero-order chi connectivity index (χ0) is 13.3. The minimum absolute atomic E-state index is 0.335. The maximum atomic E-state index is 11.7. The van der Waals surface area contributed by atoms with E-state index >= 15 is 0 Å². The standard InChI is InChI=1S/C11H13BrN4O2/c1-3-16-8(4-7(2)14-16)5-15-6-9(12)10(17)13-11(15)18/h4,6H,3,5H2,1-2H3,(H,13,17,18). The van der Waals surface area contributed by atoms with Crippen molar-refractivity contribution in [2.75, 3.05) is 0 Å². The molecular formula is C11H13BrN4O2. The Morgan fingerprint density at radius 1 is 1.44 bits per heavy atom. The molecule has 0 saturated carbocycles. The van der Waals surface area contributed by atoms with Crippen molar-refractivity contribution in [2.45, 2.75) is 26.9 Å². The van der Waals surface area contributed by atoms with Crippen LogP contribution in [0, 0.1) is 6.92 Å². The number of H-pyrrole nitrogens is 1. The number of nitrogens with one attached hydrogen (secondary N) is 1. The average molecular weight is 313 g/mol. The Morgan fingerprint density at radius 2 is 2.17 bits per heavy atom. The normalized spacial score (nSPS) is 10.8. The summed E-state index contributed by atoms with van der Waals surface area (Å²) in [5, 5.41) is 4.31. The molecule has 0 fully saturated rings. The number of aromatic nitrogens is 4. The molecule has 0 radical (unpaired) electrons. The maximum Gasteiger partial charge on any atom is 0.328 e. The second kappa shape index (κ2) is 4.93. The van der Waals surface area contributed by atoms with Crippen LogP contribution in [0.15, 0.2) is 26.3 Å². The van der Waals surface area contributed by atoms with Crippen LogP contribution in [0.1, 0.15) is 18.3 Å². The summed E-state index contributed by atoms with van der Waals surface area (Å²) in [6.07, 6.45) is 1.49. The summed E-state index contributed by atoms with van der Waals surface area (Å²) >= 11 is 3.11. The van der Waals surface area contributed by atoms with Crippen LogP contribution in [0.25, 0.3) is 0 Å². The SMILES string of the molecule is CCn1nc(C)cc1Cn1cc(Br)c(=O)[nH]c1=O. The number of halogens is 1.